The number of carbonyl (C=O) groups excluding carboxylic acids is 2. The topological polar surface area (TPSA) is 119 Å². The van der Waals surface area contributed by atoms with Gasteiger partial charge in [-0.15, -0.1) is 0 Å². The van der Waals surface area contributed by atoms with Crippen LogP contribution in [0.5, 0.6) is 0 Å². The minimum Gasteiger partial charge on any atom is -0.460 e. The van der Waals surface area contributed by atoms with Gasteiger partial charge in [0.1, 0.15) is 18.4 Å². The summed E-state index contributed by atoms with van der Waals surface area (Å²) in [6, 6.07) is 15.7. The van der Waals surface area contributed by atoms with Crippen LogP contribution in [0.25, 0.3) is 11.1 Å². The Morgan fingerprint density at radius 3 is 2.33 bits per heavy atom. The van der Waals surface area contributed by atoms with Crippen molar-refractivity contribution in [2.24, 2.45) is 0 Å². The monoisotopic (exact) mass is 489 g/mol. The van der Waals surface area contributed by atoms with Crippen molar-refractivity contribution in [3.05, 3.63) is 92.3 Å². The minimum absolute atomic E-state index is 0.0901. The Balaban J connectivity index is 1.36. The number of fused-ring (bicyclic) bond motifs is 3. The number of esters is 1. The zero-order valence-corrected chi connectivity index (χ0v) is 20.0. The summed E-state index contributed by atoms with van der Waals surface area (Å²) in [5, 5.41) is 2.97. The van der Waals surface area contributed by atoms with Gasteiger partial charge in [-0.25, -0.2) is 4.79 Å². The zero-order valence-electron chi connectivity index (χ0n) is 20.0. The summed E-state index contributed by atoms with van der Waals surface area (Å²) in [7, 11) is 0. The van der Waals surface area contributed by atoms with E-state index >= 15 is 0 Å². The minimum atomic E-state index is -0.751. The van der Waals surface area contributed by atoms with Gasteiger partial charge in [0.05, 0.1) is 5.92 Å². The molecule has 186 valence electrons. The van der Waals surface area contributed by atoms with Crippen molar-refractivity contribution in [3.63, 3.8) is 0 Å². The summed E-state index contributed by atoms with van der Waals surface area (Å²) < 4.78 is 12.9. The maximum absolute atomic E-state index is 13.4. The highest BCUT2D eigenvalue weighted by Gasteiger charge is 2.40. The van der Waals surface area contributed by atoms with Gasteiger partial charge in [-0.05, 0) is 28.7 Å². The van der Waals surface area contributed by atoms with E-state index in [9.17, 15) is 19.2 Å². The molecule has 9 heteroatoms. The molecule has 9 nitrogen and oxygen atoms in total. The van der Waals surface area contributed by atoms with Crippen molar-refractivity contribution in [2.45, 2.75) is 51.0 Å². The number of nitrogens with zero attached hydrogens (tertiary/aromatic N) is 1. The van der Waals surface area contributed by atoms with E-state index in [1.165, 1.54) is 17.7 Å². The molecule has 2 aromatic carbocycles. The Morgan fingerprint density at radius 2 is 1.72 bits per heavy atom. The first-order valence-electron chi connectivity index (χ1n) is 12.0. The number of hydrogen-bond donors (Lipinski definition) is 2. The van der Waals surface area contributed by atoms with E-state index in [2.05, 4.69) is 10.3 Å². The van der Waals surface area contributed by atoms with Crippen LogP contribution < -0.4 is 16.6 Å². The molecule has 2 heterocycles. The highest BCUT2D eigenvalue weighted by Crippen LogP contribution is 2.44. The third-order valence-electron chi connectivity index (χ3n) is 6.80. The Labute approximate surface area is 207 Å². The van der Waals surface area contributed by atoms with Crippen LogP contribution >= 0.6 is 0 Å². The van der Waals surface area contributed by atoms with Crippen molar-refractivity contribution < 1.29 is 19.1 Å². The molecule has 1 saturated heterocycles. The Morgan fingerprint density at radius 1 is 1.08 bits per heavy atom. The fraction of sp³-hybridized carbons (Fsp3) is 0.333. The molecule has 2 N–H and O–H groups in total. The fourth-order valence-electron chi connectivity index (χ4n) is 5.13. The number of rotatable bonds is 6. The standard InChI is InChI=1S/C27H27N3O6/c1-3-16-14-30(27(34)29-25(16)32)23-12-21(35-15(2)31)22(36-23)13-28-26(33)24-19-10-6-4-8-17(19)18-9-5-7-11-20(18)24/h4-11,14,21-24H,3,12-13H2,1-2H3,(H,28,33)(H,29,32,34)/t21?,22-,23-/m0/s1. The van der Waals surface area contributed by atoms with Gasteiger partial charge in [-0.3, -0.25) is 23.9 Å². The number of aromatic amines is 1. The van der Waals surface area contributed by atoms with Crippen molar-refractivity contribution >= 4 is 11.9 Å². The molecular weight excluding hydrogens is 462 g/mol. The van der Waals surface area contributed by atoms with Crippen LogP contribution in [0.1, 0.15) is 49.1 Å². The van der Waals surface area contributed by atoms with Crippen LogP contribution in [0.4, 0.5) is 0 Å². The van der Waals surface area contributed by atoms with Gasteiger partial charge in [-0.2, -0.15) is 0 Å². The number of hydrogen-bond acceptors (Lipinski definition) is 6. The fourth-order valence-corrected chi connectivity index (χ4v) is 5.13. The van der Waals surface area contributed by atoms with Gasteiger partial charge in [0.15, 0.2) is 0 Å². The maximum Gasteiger partial charge on any atom is 0.330 e. The van der Waals surface area contributed by atoms with Crippen LogP contribution in [0, 0.1) is 0 Å². The van der Waals surface area contributed by atoms with Crippen LogP contribution in [0.2, 0.25) is 0 Å². The molecule has 36 heavy (non-hydrogen) atoms. The lowest BCUT2D eigenvalue weighted by atomic mass is 9.96. The molecule has 0 radical (unpaired) electrons. The molecule has 3 aromatic rings. The van der Waals surface area contributed by atoms with E-state index < -0.39 is 41.6 Å². The highest BCUT2D eigenvalue weighted by atomic mass is 16.6. The summed E-state index contributed by atoms with van der Waals surface area (Å²) in [5.74, 6) is -1.13. The second kappa shape index (κ2) is 9.58. The van der Waals surface area contributed by atoms with Crippen molar-refractivity contribution in [2.75, 3.05) is 6.54 Å². The maximum atomic E-state index is 13.4. The smallest absolute Gasteiger partial charge is 0.330 e. The number of amides is 1. The Bertz CT molecular complexity index is 1400. The summed E-state index contributed by atoms with van der Waals surface area (Å²) >= 11 is 0. The number of nitrogens with one attached hydrogen (secondary N) is 2. The van der Waals surface area contributed by atoms with E-state index in [-0.39, 0.29) is 18.9 Å². The average molecular weight is 490 g/mol. The van der Waals surface area contributed by atoms with E-state index in [0.717, 1.165) is 22.3 Å². The molecule has 2 aliphatic rings. The first-order valence-corrected chi connectivity index (χ1v) is 12.0. The lowest BCUT2D eigenvalue weighted by Gasteiger charge is -2.21. The molecule has 1 fully saturated rings. The SMILES string of the molecule is CCc1cn([C@@H]2CC(OC(C)=O)[C@H](CNC(=O)C3c4ccccc4-c4ccccc43)O2)c(=O)[nH]c1=O. The summed E-state index contributed by atoms with van der Waals surface area (Å²) in [6.07, 6.45) is 0.0470. The van der Waals surface area contributed by atoms with Gasteiger partial charge in [0.2, 0.25) is 5.91 Å². The summed E-state index contributed by atoms with van der Waals surface area (Å²) in [5.41, 5.74) is 3.34. The van der Waals surface area contributed by atoms with Gasteiger partial charge in [-0.1, -0.05) is 55.5 Å². The van der Waals surface area contributed by atoms with Gasteiger partial charge in [0.25, 0.3) is 5.56 Å². The molecule has 1 aromatic heterocycles. The number of carbonyl (C=O) groups is 2. The number of ether oxygens (including phenoxy) is 2. The first kappa shape index (κ1) is 23.7. The predicted molar refractivity (Wildman–Crippen MR) is 132 cm³/mol. The molecule has 1 unspecified atom stereocenters. The van der Waals surface area contributed by atoms with E-state index in [1.807, 2.05) is 55.5 Å². The van der Waals surface area contributed by atoms with E-state index in [1.54, 1.807) is 0 Å². The lowest BCUT2D eigenvalue weighted by Crippen LogP contribution is -2.40. The van der Waals surface area contributed by atoms with Crippen LogP contribution in [0.15, 0.2) is 64.3 Å². The Hall–Kier alpha value is -3.98. The van der Waals surface area contributed by atoms with Gasteiger partial charge in [0, 0.05) is 31.6 Å². The van der Waals surface area contributed by atoms with Crippen LogP contribution in [-0.2, 0) is 25.5 Å². The molecule has 5 rings (SSSR count). The second-order valence-corrected chi connectivity index (χ2v) is 9.04. The third kappa shape index (κ3) is 4.26. The molecule has 0 spiro atoms. The quantitative estimate of drug-likeness (QED) is 0.513. The molecule has 3 atom stereocenters. The third-order valence-corrected chi connectivity index (χ3v) is 6.80. The van der Waals surface area contributed by atoms with Crippen LogP contribution in [0.3, 0.4) is 0 Å². The molecule has 1 aliphatic heterocycles. The van der Waals surface area contributed by atoms with Crippen LogP contribution in [-0.4, -0.2) is 40.2 Å². The first-order chi connectivity index (χ1) is 17.4. The molecule has 0 bridgehead atoms. The van der Waals surface area contributed by atoms with E-state index in [4.69, 9.17) is 9.47 Å². The predicted octanol–water partition coefficient (Wildman–Crippen LogP) is 2.25. The molecular formula is C27H27N3O6. The lowest BCUT2D eigenvalue weighted by molar-refractivity contribution is -0.149. The molecule has 1 amide bonds. The van der Waals surface area contributed by atoms with Crippen molar-refractivity contribution in [1.82, 2.24) is 14.9 Å². The normalized spacial score (nSPS) is 20.6. The van der Waals surface area contributed by atoms with Gasteiger partial charge >= 0.3 is 11.7 Å². The van der Waals surface area contributed by atoms with E-state index in [0.29, 0.717) is 12.0 Å². The zero-order chi connectivity index (χ0) is 25.4. The Kier molecular flexibility index (Phi) is 6.32. The summed E-state index contributed by atoms with van der Waals surface area (Å²) in [4.78, 5) is 51.9. The second-order valence-electron chi connectivity index (χ2n) is 9.04. The molecule has 0 saturated carbocycles. The number of benzene rings is 2. The van der Waals surface area contributed by atoms with Gasteiger partial charge < -0.3 is 14.8 Å². The number of aryl methyl sites for hydroxylation is 1. The largest absolute Gasteiger partial charge is 0.460 e. The van der Waals surface area contributed by atoms with Crippen molar-refractivity contribution in [3.8, 4) is 11.1 Å². The van der Waals surface area contributed by atoms with Crippen molar-refractivity contribution in [1.29, 1.82) is 0 Å². The number of aromatic nitrogens is 2. The number of H-pyrrole nitrogens is 1. The average Bonchev–Trinajstić information content (AvgIpc) is 3.41. The highest BCUT2D eigenvalue weighted by molar-refractivity contribution is 5.96. The summed E-state index contributed by atoms with van der Waals surface area (Å²) in [6.45, 7) is 3.21. The molecule has 1 aliphatic carbocycles.